The van der Waals surface area contributed by atoms with E-state index in [-0.39, 0.29) is 5.91 Å². The van der Waals surface area contributed by atoms with Gasteiger partial charge in [0.25, 0.3) is 0 Å². The lowest BCUT2D eigenvalue weighted by Crippen LogP contribution is -2.50. The summed E-state index contributed by atoms with van der Waals surface area (Å²) < 4.78 is 0. The number of piperidine rings is 2. The van der Waals surface area contributed by atoms with Crippen molar-refractivity contribution in [2.45, 2.75) is 38.3 Å². The second-order valence-electron chi connectivity index (χ2n) is 8.43. The zero-order valence-corrected chi connectivity index (χ0v) is 18.7. The van der Waals surface area contributed by atoms with E-state index in [4.69, 9.17) is 17.3 Å². The fraction of sp³-hybridized carbons (Fsp3) is 0.636. The van der Waals surface area contributed by atoms with Gasteiger partial charge in [0.05, 0.1) is 6.54 Å². The number of rotatable bonds is 7. The van der Waals surface area contributed by atoms with E-state index in [0.717, 1.165) is 63.1 Å². The van der Waals surface area contributed by atoms with E-state index in [1.54, 1.807) is 0 Å². The molecule has 8 heteroatoms. The molecule has 0 aliphatic carbocycles. The third kappa shape index (κ3) is 7.15. The van der Waals surface area contributed by atoms with E-state index in [1.807, 2.05) is 19.2 Å². The van der Waals surface area contributed by atoms with Crippen molar-refractivity contribution < 1.29 is 4.79 Å². The van der Waals surface area contributed by atoms with Gasteiger partial charge in [0, 0.05) is 44.3 Å². The summed E-state index contributed by atoms with van der Waals surface area (Å²) in [7, 11) is 1.82. The molecule has 0 bridgehead atoms. The van der Waals surface area contributed by atoms with Crippen LogP contribution < -0.4 is 16.4 Å². The number of carbonyl (C=O) groups is 1. The van der Waals surface area contributed by atoms with Crippen LogP contribution in [0.4, 0.5) is 0 Å². The highest BCUT2D eigenvalue weighted by Gasteiger charge is 2.22. The van der Waals surface area contributed by atoms with Gasteiger partial charge >= 0.3 is 0 Å². The summed E-state index contributed by atoms with van der Waals surface area (Å²) in [4.78, 5) is 20.1. The highest BCUT2D eigenvalue weighted by molar-refractivity contribution is 6.31. The topological polar surface area (TPSA) is 86.0 Å². The first kappa shape index (κ1) is 22.8. The van der Waals surface area contributed by atoms with Crippen LogP contribution in [0.5, 0.6) is 0 Å². The lowest BCUT2D eigenvalue weighted by atomic mass is 9.96. The number of nitrogens with two attached hydrogens (primary N) is 1. The molecule has 0 spiro atoms. The normalized spacial score (nSPS) is 20.3. The molecule has 4 N–H and O–H groups in total. The maximum atomic E-state index is 11.1. The predicted molar refractivity (Wildman–Crippen MR) is 123 cm³/mol. The molecule has 3 rings (SSSR count). The lowest BCUT2D eigenvalue weighted by molar-refractivity contribution is -0.119. The average molecular weight is 435 g/mol. The third-order valence-electron chi connectivity index (χ3n) is 6.15. The first-order chi connectivity index (χ1) is 14.5. The molecular formula is C22H35ClN6O. The van der Waals surface area contributed by atoms with Gasteiger partial charge in [-0.05, 0) is 56.3 Å². The second kappa shape index (κ2) is 11.5. The molecule has 0 unspecified atom stereocenters. The number of nitrogens with one attached hydrogen (secondary N) is 2. The molecule has 1 aromatic rings. The zero-order chi connectivity index (χ0) is 21.3. The summed E-state index contributed by atoms with van der Waals surface area (Å²) in [5.74, 6) is 1.28. The fourth-order valence-electron chi connectivity index (χ4n) is 4.30. The Morgan fingerprint density at radius 3 is 2.43 bits per heavy atom. The minimum Gasteiger partial charge on any atom is -0.369 e. The van der Waals surface area contributed by atoms with E-state index in [0.29, 0.717) is 18.5 Å². The van der Waals surface area contributed by atoms with Crippen molar-refractivity contribution in [3.8, 4) is 0 Å². The second-order valence-corrected chi connectivity index (χ2v) is 8.83. The van der Waals surface area contributed by atoms with E-state index in [2.05, 4.69) is 37.6 Å². The molecule has 2 heterocycles. The molecule has 30 heavy (non-hydrogen) atoms. The SMILES string of the molecule is CN=C(NCC1CCN(Cc2ccccc2Cl)CC1)NC1CCN(CC(N)=O)CC1. The van der Waals surface area contributed by atoms with Crippen LogP contribution >= 0.6 is 11.6 Å². The fourth-order valence-corrected chi connectivity index (χ4v) is 4.50. The molecule has 0 radical (unpaired) electrons. The van der Waals surface area contributed by atoms with Gasteiger partial charge in [-0.15, -0.1) is 0 Å². The monoisotopic (exact) mass is 434 g/mol. The van der Waals surface area contributed by atoms with Crippen LogP contribution in [0.25, 0.3) is 0 Å². The molecule has 2 aliphatic rings. The number of guanidine groups is 1. The van der Waals surface area contributed by atoms with Gasteiger partial charge in [-0.3, -0.25) is 19.6 Å². The standard InChI is InChI=1S/C22H35ClN6O/c1-25-22(27-19-8-12-29(13-9-19)16-21(24)30)26-14-17-6-10-28(11-7-17)15-18-4-2-3-5-20(18)23/h2-5,17,19H,6-16H2,1H3,(H2,24,30)(H2,25,26,27). The first-order valence-corrected chi connectivity index (χ1v) is 11.3. The molecule has 2 aliphatic heterocycles. The minimum absolute atomic E-state index is 0.253. The Balaban J connectivity index is 1.34. The molecule has 0 aromatic heterocycles. The number of halogens is 1. The molecule has 166 valence electrons. The number of benzene rings is 1. The number of primary amides is 1. The van der Waals surface area contributed by atoms with Crippen molar-refractivity contribution >= 4 is 23.5 Å². The summed E-state index contributed by atoms with van der Waals surface area (Å²) in [6.07, 6.45) is 4.35. The molecule has 2 saturated heterocycles. The van der Waals surface area contributed by atoms with Gasteiger partial charge < -0.3 is 16.4 Å². The Kier molecular flexibility index (Phi) is 8.78. The zero-order valence-electron chi connectivity index (χ0n) is 17.9. The minimum atomic E-state index is -0.253. The summed E-state index contributed by atoms with van der Waals surface area (Å²) in [5, 5.41) is 7.91. The van der Waals surface area contributed by atoms with Gasteiger partial charge in [0.15, 0.2) is 5.96 Å². The summed E-state index contributed by atoms with van der Waals surface area (Å²) in [6, 6.07) is 8.50. The quantitative estimate of drug-likeness (QED) is 0.449. The van der Waals surface area contributed by atoms with Gasteiger partial charge in [-0.1, -0.05) is 29.8 Å². The maximum absolute atomic E-state index is 11.1. The number of aliphatic imine (C=N–C) groups is 1. The van der Waals surface area contributed by atoms with Crippen molar-refractivity contribution in [2.24, 2.45) is 16.6 Å². The van der Waals surface area contributed by atoms with Crippen molar-refractivity contribution in [3.05, 3.63) is 34.9 Å². The highest BCUT2D eigenvalue weighted by atomic mass is 35.5. The lowest BCUT2D eigenvalue weighted by Gasteiger charge is -2.34. The van der Waals surface area contributed by atoms with Crippen molar-refractivity contribution in [1.29, 1.82) is 0 Å². The summed E-state index contributed by atoms with van der Waals surface area (Å²) >= 11 is 6.30. The van der Waals surface area contributed by atoms with E-state index in [1.165, 1.54) is 18.4 Å². The number of nitrogens with zero attached hydrogens (tertiary/aromatic N) is 3. The van der Waals surface area contributed by atoms with E-state index >= 15 is 0 Å². The summed E-state index contributed by atoms with van der Waals surface area (Å²) in [5.41, 5.74) is 6.50. The highest BCUT2D eigenvalue weighted by Crippen LogP contribution is 2.22. The Morgan fingerprint density at radius 1 is 1.13 bits per heavy atom. The Bertz CT molecular complexity index is 711. The smallest absolute Gasteiger partial charge is 0.231 e. The van der Waals surface area contributed by atoms with Crippen LogP contribution in [0.15, 0.2) is 29.3 Å². The van der Waals surface area contributed by atoms with E-state index in [9.17, 15) is 4.79 Å². The number of hydrogen-bond acceptors (Lipinski definition) is 4. The molecule has 1 amide bonds. The van der Waals surface area contributed by atoms with Crippen LogP contribution in [-0.2, 0) is 11.3 Å². The number of carbonyl (C=O) groups excluding carboxylic acids is 1. The third-order valence-corrected chi connectivity index (χ3v) is 6.52. The molecule has 0 saturated carbocycles. The molecule has 2 fully saturated rings. The maximum Gasteiger partial charge on any atom is 0.231 e. The van der Waals surface area contributed by atoms with Crippen molar-refractivity contribution in [3.63, 3.8) is 0 Å². The largest absolute Gasteiger partial charge is 0.369 e. The number of amides is 1. The van der Waals surface area contributed by atoms with Crippen LogP contribution in [-0.4, -0.2) is 74.0 Å². The number of likely N-dealkylation sites (tertiary alicyclic amines) is 2. The van der Waals surface area contributed by atoms with Gasteiger partial charge in [0.2, 0.25) is 5.91 Å². The number of hydrogen-bond donors (Lipinski definition) is 3. The van der Waals surface area contributed by atoms with Gasteiger partial charge in [-0.2, -0.15) is 0 Å². The predicted octanol–water partition coefficient (Wildman–Crippen LogP) is 1.67. The van der Waals surface area contributed by atoms with Crippen LogP contribution in [0.2, 0.25) is 5.02 Å². The first-order valence-electron chi connectivity index (χ1n) is 11.0. The molecule has 7 nitrogen and oxygen atoms in total. The molecule has 1 aromatic carbocycles. The summed E-state index contributed by atoms with van der Waals surface area (Å²) in [6.45, 7) is 6.21. The Labute approximate surface area is 185 Å². The average Bonchev–Trinajstić information content (AvgIpc) is 2.74. The van der Waals surface area contributed by atoms with Gasteiger partial charge in [0.1, 0.15) is 0 Å². The van der Waals surface area contributed by atoms with E-state index < -0.39 is 0 Å². The molecule has 0 atom stereocenters. The van der Waals surface area contributed by atoms with Gasteiger partial charge in [-0.25, -0.2) is 0 Å². The van der Waals surface area contributed by atoms with Crippen LogP contribution in [0.3, 0.4) is 0 Å². The van der Waals surface area contributed by atoms with Crippen molar-refractivity contribution in [2.75, 3.05) is 46.3 Å². The van der Waals surface area contributed by atoms with Crippen molar-refractivity contribution in [1.82, 2.24) is 20.4 Å². The van der Waals surface area contributed by atoms with Crippen LogP contribution in [0.1, 0.15) is 31.2 Å². The molecular weight excluding hydrogens is 400 g/mol. The Hall–Kier alpha value is -1.83. The van der Waals surface area contributed by atoms with Crippen LogP contribution in [0, 0.1) is 5.92 Å². The Morgan fingerprint density at radius 2 is 1.80 bits per heavy atom.